The van der Waals surface area contributed by atoms with Gasteiger partial charge in [-0.3, -0.25) is 4.79 Å². The maximum absolute atomic E-state index is 12.5. The topological polar surface area (TPSA) is 29.1 Å². The van der Waals surface area contributed by atoms with Crippen LogP contribution in [0.5, 0.6) is 0 Å². The monoisotopic (exact) mass is 335 g/mol. The van der Waals surface area contributed by atoms with E-state index in [9.17, 15) is 18.0 Å². The highest BCUT2D eigenvalue weighted by molar-refractivity contribution is 9.10. The van der Waals surface area contributed by atoms with Crippen molar-refractivity contribution in [1.29, 1.82) is 0 Å². The molecule has 2 rings (SSSR count). The Bertz CT molecular complexity index is 483. The molecule has 0 heterocycles. The van der Waals surface area contributed by atoms with Gasteiger partial charge in [-0.15, -0.1) is 0 Å². The van der Waals surface area contributed by atoms with Gasteiger partial charge in [-0.1, -0.05) is 22.0 Å². The molecule has 1 saturated carbocycles. The minimum absolute atomic E-state index is 0.0469. The minimum Gasteiger partial charge on any atom is -0.353 e. The average molecular weight is 336 g/mol. The van der Waals surface area contributed by atoms with Crippen molar-refractivity contribution in [3.8, 4) is 0 Å². The second kappa shape index (κ2) is 5.53. The van der Waals surface area contributed by atoms with Gasteiger partial charge in [0, 0.05) is 16.9 Å². The zero-order valence-corrected chi connectivity index (χ0v) is 11.6. The normalized spacial score (nSPS) is 15.4. The Morgan fingerprint density at radius 2 is 2.05 bits per heavy atom. The third-order valence-corrected chi connectivity index (χ3v) is 3.68. The molecule has 0 bridgehead atoms. The summed E-state index contributed by atoms with van der Waals surface area (Å²) < 4.78 is 37.8. The number of carbonyl (C=O) groups is 1. The summed E-state index contributed by atoms with van der Waals surface area (Å²) in [6.45, 7) is 0. The molecule has 19 heavy (non-hydrogen) atoms. The summed E-state index contributed by atoms with van der Waals surface area (Å²) in [7, 11) is 0. The first-order valence-corrected chi connectivity index (χ1v) is 6.80. The molecule has 0 saturated heterocycles. The zero-order valence-electron chi connectivity index (χ0n) is 10.1. The fourth-order valence-corrected chi connectivity index (χ4v) is 2.28. The van der Waals surface area contributed by atoms with Crippen LogP contribution in [0.2, 0.25) is 0 Å². The number of carbonyl (C=O) groups excluding carboxylic acids is 1. The maximum Gasteiger partial charge on any atom is 0.416 e. The highest BCUT2D eigenvalue weighted by Crippen LogP contribution is 2.32. The fourth-order valence-electron chi connectivity index (χ4n) is 1.70. The Labute approximate surface area is 117 Å². The summed E-state index contributed by atoms with van der Waals surface area (Å²) in [6, 6.07) is 3.81. The van der Waals surface area contributed by atoms with E-state index in [1.807, 2.05) is 0 Å². The molecular weight excluding hydrogens is 323 g/mol. The Morgan fingerprint density at radius 3 is 2.58 bits per heavy atom. The lowest BCUT2D eigenvalue weighted by molar-refractivity contribution is -0.137. The lowest BCUT2D eigenvalue weighted by Crippen LogP contribution is -2.25. The van der Waals surface area contributed by atoms with Crippen LogP contribution >= 0.6 is 15.9 Å². The number of halogens is 4. The van der Waals surface area contributed by atoms with Crippen molar-refractivity contribution in [3.05, 3.63) is 33.8 Å². The molecule has 1 aliphatic rings. The molecule has 1 aromatic carbocycles. The van der Waals surface area contributed by atoms with Gasteiger partial charge in [0.05, 0.1) is 5.56 Å². The van der Waals surface area contributed by atoms with Gasteiger partial charge in [0.2, 0.25) is 5.91 Å². The van der Waals surface area contributed by atoms with E-state index in [2.05, 4.69) is 21.2 Å². The maximum atomic E-state index is 12.5. The number of alkyl halides is 3. The Hall–Kier alpha value is -1.04. The smallest absolute Gasteiger partial charge is 0.353 e. The predicted molar refractivity (Wildman–Crippen MR) is 68.6 cm³/mol. The number of aryl methyl sites for hydroxylation is 1. The van der Waals surface area contributed by atoms with Gasteiger partial charge in [0.1, 0.15) is 0 Å². The van der Waals surface area contributed by atoms with Crippen LogP contribution in [0.1, 0.15) is 30.4 Å². The van der Waals surface area contributed by atoms with Crippen LogP contribution in [-0.4, -0.2) is 11.9 Å². The van der Waals surface area contributed by atoms with Crippen molar-refractivity contribution < 1.29 is 18.0 Å². The molecule has 1 N–H and O–H groups in total. The molecule has 6 heteroatoms. The van der Waals surface area contributed by atoms with Gasteiger partial charge in [-0.2, -0.15) is 13.2 Å². The third-order valence-electron chi connectivity index (χ3n) is 2.94. The number of nitrogens with one attached hydrogen (secondary N) is 1. The lowest BCUT2D eigenvalue weighted by Gasteiger charge is -2.10. The van der Waals surface area contributed by atoms with Crippen LogP contribution in [0.25, 0.3) is 0 Å². The first-order chi connectivity index (χ1) is 8.86. The second-order valence-corrected chi connectivity index (χ2v) is 5.50. The summed E-state index contributed by atoms with van der Waals surface area (Å²) in [4.78, 5) is 11.5. The molecule has 0 radical (unpaired) electrons. The molecular formula is C13H13BrF3NO. The first-order valence-electron chi connectivity index (χ1n) is 6.01. The van der Waals surface area contributed by atoms with Gasteiger partial charge in [0.15, 0.2) is 0 Å². The molecule has 0 aromatic heterocycles. The zero-order chi connectivity index (χ0) is 14.0. The molecule has 104 valence electrons. The Morgan fingerprint density at radius 1 is 1.37 bits per heavy atom. The van der Waals surface area contributed by atoms with Crippen molar-refractivity contribution in [2.75, 3.05) is 0 Å². The van der Waals surface area contributed by atoms with E-state index in [1.54, 1.807) is 0 Å². The third kappa shape index (κ3) is 4.23. The minimum atomic E-state index is -4.34. The van der Waals surface area contributed by atoms with E-state index in [0.29, 0.717) is 28.9 Å². The van der Waals surface area contributed by atoms with E-state index < -0.39 is 11.7 Å². The summed E-state index contributed by atoms with van der Waals surface area (Å²) >= 11 is 3.12. The molecule has 0 spiro atoms. The van der Waals surface area contributed by atoms with Crippen LogP contribution < -0.4 is 5.32 Å². The van der Waals surface area contributed by atoms with E-state index in [-0.39, 0.29) is 5.91 Å². The predicted octanol–water partition coefficient (Wildman–Crippen LogP) is 3.68. The summed E-state index contributed by atoms with van der Waals surface area (Å²) in [5, 5.41) is 2.84. The standard InChI is InChI=1S/C13H13BrF3NO/c14-11-7-9(13(15,16)17)3-1-8(11)2-6-12(19)18-10-4-5-10/h1,3,7,10H,2,4-6H2,(H,18,19). The van der Waals surface area contributed by atoms with Gasteiger partial charge in [-0.25, -0.2) is 0 Å². The second-order valence-electron chi connectivity index (χ2n) is 4.65. The summed E-state index contributed by atoms with van der Waals surface area (Å²) in [5.41, 5.74) is 0.0181. The summed E-state index contributed by atoms with van der Waals surface area (Å²) in [5.74, 6) is -0.0469. The molecule has 0 unspecified atom stereocenters. The highest BCUT2D eigenvalue weighted by atomic mass is 79.9. The van der Waals surface area contributed by atoms with Crippen molar-refractivity contribution in [1.82, 2.24) is 5.32 Å². The average Bonchev–Trinajstić information content (AvgIpc) is 3.10. The number of hydrogen-bond acceptors (Lipinski definition) is 1. The number of benzene rings is 1. The van der Waals surface area contributed by atoms with Crippen molar-refractivity contribution in [3.63, 3.8) is 0 Å². The van der Waals surface area contributed by atoms with Crippen LogP contribution in [0.4, 0.5) is 13.2 Å². The Balaban J connectivity index is 1.94. The van der Waals surface area contributed by atoms with Gasteiger partial charge in [-0.05, 0) is 37.0 Å². The first kappa shape index (κ1) is 14.4. The highest BCUT2D eigenvalue weighted by Gasteiger charge is 2.30. The lowest BCUT2D eigenvalue weighted by atomic mass is 10.1. The SMILES string of the molecule is O=C(CCc1ccc(C(F)(F)F)cc1Br)NC1CC1. The number of amides is 1. The quantitative estimate of drug-likeness (QED) is 0.893. The summed E-state index contributed by atoms with van der Waals surface area (Å²) in [6.07, 6.45) is -1.58. The van der Waals surface area contributed by atoms with Gasteiger partial charge < -0.3 is 5.32 Å². The van der Waals surface area contributed by atoms with Crippen molar-refractivity contribution in [2.45, 2.75) is 37.9 Å². The van der Waals surface area contributed by atoms with Gasteiger partial charge >= 0.3 is 6.18 Å². The molecule has 1 fully saturated rings. The van der Waals surface area contributed by atoms with Crippen LogP contribution in [0.15, 0.2) is 22.7 Å². The molecule has 1 aromatic rings. The molecule has 1 amide bonds. The van der Waals surface area contributed by atoms with Crippen LogP contribution in [0, 0.1) is 0 Å². The van der Waals surface area contributed by atoms with E-state index in [1.165, 1.54) is 6.07 Å². The molecule has 0 atom stereocenters. The number of hydrogen-bond donors (Lipinski definition) is 1. The van der Waals surface area contributed by atoms with Crippen LogP contribution in [-0.2, 0) is 17.4 Å². The largest absolute Gasteiger partial charge is 0.416 e. The van der Waals surface area contributed by atoms with E-state index >= 15 is 0 Å². The van der Waals surface area contributed by atoms with Crippen molar-refractivity contribution in [2.24, 2.45) is 0 Å². The Kier molecular flexibility index (Phi) is 4.18. The number of rotatable bonds is 4. The van der Waals surface area contributed by atoms with Gasteiger partial charge in [0.25, 0.3) is 0 Å². The van der Waals surface area contributed by atoms with Crippen LogP contribution in [0.3, 0.4) is 0 Å². The fraction of sp³-hybridized carbons (Fsp3) is 0.462. The van der Waals surface area contributed by atoms with E-state index in [4.69, 9.17) is 0 Å². The molecule has 0 aliphatic heterocycles. The molecule has 2 nitrogen and oxygen atoms in total. The van der Waals surface area contributed by atoms with Crippen molar-refractivity contribution >= 4 is 21.8 Å². The molecule has 1 aliphatic carbocycles. The van der Waals surface area contributed by atoms with E-state index in [0.717, 1.165) is 25.0 Å².